The third-order valence-electron chi connectivity index (χ3n) is 2.30. The van der Waals surface area contributed by atoms with E-state index in [2.05, 4.69) is 10.5 Å². The van der Waals surface area contributed by atoms with Gasteiger partial charge in [0.25, 0.3) is 5.91 Å². The Morgan fingerprint density at radius 2 is 2.00 bits per heavy atom. The smallest absolute Gasteiger partial charge is 0.281 e. The first kappa shape index (κ1) is 13.0. The molecule has 0 atom stereocenters. The molecule has 0 fully saturated rings. The van der Waals surface area contributed by atoms with E-state index in [0.717, 1.165) is 0 Å². The lowest BCUT2D eigenvalue weighted by Gasteiger charge is -2.05. The number of aromatic carboxylic acids is 1. The summed E-state index contributed by atoms with van der Waals surface area (Å²) >= 11 is 1.30. The molecule has 0 saturated carbocycles. The van der Waals surface area contributed by atoms with Gasteiger partial charge in [-0.15, -0.1) is 11.3 Å². The number of carboxylic acid groups (broad SMARTS) is 1. The molecule has 0 saturated heterocycles. The largest absolute Gasteiger partial charge is 0.545 e. The van der Waals surface area contributed by atoms with E-state index >= 15 is 0 Å². The third kappa shape index (κ3) is 3.26. The van der Waals surface area contributed by atoms with Crippen LogP contribution < -0.4 is 10.5 Å². The summed E-state index contributed by atoms with van der Waals surface area (Å²) in [5.41, 5.74) is 2.72. The van der Waals surface area contributed by atoms with Crippen LogP contribution in [0.2, 0.25) is 0 Å². The maximum atomic E-state index is 11.6. The predicted molar refractivity (Wildman–Crippen MR) is 70.2 cm³/mol. The molecule has 1 aromatic carbocycles. The topological polar surface area (TPSA) is 81.6 Å². The minimum Gasteiger partial charge on any atom is -0.545 e. The standard InChI is InChI=1S/C13H10N2O3S/c16-12(11-6-3-7-19-11)15-14-8-9-4-1-2-5-10(9)13(17)18/h1-8H,(H,15,16)(H,17,18)/p-1. The zero-order valence-electron chi connectivity index (χ0n) is 9.70. The van der Waals surface area contributed by atoms with Crippen LogP contribution in [0.15, 0.2) is 46.9 Å². The Balaban J connectivity index is 2.07. The summed E-state index contributed by atoms with van der Waals surface area (Å²) < 4.78 is 0. The number of nitrogens with one attached hydrogen (secondary N) is 1. The number of carboxylic acids is 1. The van der Waals surface area contributed by atoms with E-state index in [4.69, 9.17) is 0 Å². The van der Waals surface area contributed by atoms with Gasteiger partial charge in [0.05, 0.1) is 17.1 Å². The number of nitrogens with zero attached hydrogens (tertiary/aromatic N) is 1. The first-order valence-electron chi connectivity index (χ1n) is 5.36. The number of benzene rings is 1. The lowest BCUT2D eigenvalue weighted by Crippen LogP contribution is -2.24. The van der Waals surface area contributed by atoms with Crippen LogP contribution in [-0.2, 0) is 0 Å². The van der Waals surface area contributed by atoms with E-state index in [1.807, 2.05) is 0 Å². The number of hydrogen-bond donors (Lipinski definition) is 1. The molecule has 0 aliphatic carbocycles. The third-order valence-corrected chi connectivity index (χ3v) is 3.16. The normalized spacial score (nSPS) is 10.5. The van der Waals surface area contributed by atoms with Gasteiger partial charge in [0, 0.05) is 11.1 Å². The van der Waals surface area contributed by atoms with Crippen molar-refractivity contribution in [2.24, 2.45) is 5.10 Å². The summed E-state index contributed by atoms with van der Waals surface area (Å²) in [5, 5.41) is 16.4. The molecule has 19 heavy (non-hydrogen) atoms. The van der Waals surface area contributed by atoms with Crippen LogP contribution >= 0.6 is 11.3 Å². The first-order chi connectivity index (χ1) is 9.18. The summed E-state index contributed by atoms with van der Waals surface area (Å²) in [4.78, 5) is 23.0. The number of carbonyl (C=O) groups is 2. The minimum atomic E-state index is -1.29. The van der Waals surface area contributed by atoms with Crippen molar-refractivity contribution in [2.75, 3.05) is 0 Å². The molecule has 0 radical (unpaired) electrons. The highest BCUT2D eigenvalue weighted by Crippen LogP contribution is 2.08. The van der Waals surface area contributed by atoms with Gasteiger partial charge in [-0.05, 0) is 11.4 Å². The van der Waals surface area contributed by atoms with Crippen molar-refractivity contribution >= 4 is 29.4 Å². The van der Waals surface area contributed by atoms with Gasteiger partial charge in [0.2, 0.25) is 0 Å². The number of rotatable bonds is 4. The lowest BCUT2D eigenvalue weighted by atomic mass is 10.1. The lowest BCUT2D eigenvalue weighted by molar-refractivity contribution is -0.255. The van der Waals surface area contributed by atoms with E-state index in [0.29, 0.717) is 10.4 Å². The molecule has 2 aromatic rings. The van der Waals surface area contributed by atoms with Crippen LogP contribution in [0.25, 0.3) is 0 Å². The van der Waals surface area contributed by atoms with Crippen LogP contribution in [0, 0.1) is 0 Å². The molecule has 0 aliphatic heterocycles. The number of carbonyl (C=O) groups excluding carboxylic acids is 2. The predicted octanol–water partition coefficient (Wildman–Crippen LogP) is 0.875. The Bertz CT molecular complexity index is 621. The van der Waals surface area contributed by atoms with E-state index in [1.165, 1.54) is 23.6 Å². The van der Waals surface area contributed by atoms with E-state index in [1.54, 1.807) is 35.7 Å². The van der Waals surface area contributed by atoms with Crippen LogP contribution in [-0.4, -0.2) is 18.1 Å². The Morgan fingerprint density at radius 1 is 1.21 bits per heavy atom. The summed E-state index contributed by atoms with van der Waals surface area (Å²) in [6, 6.07) is 9.69. The highest BCUT2D eigenvalue weighted by molar-refractivity contribution is 7.12. The molecule has 1 amide bonds. The van der Waals surface area contributed by atoms with Gasteiger partial charge in [-0.3, -0.25) is 4.79 Å². The fourth-order valence-electron chi connectivity index (χ4n) is 1.42. The molecule has 6 heteroatoms. The van der Waals surface area contributed by atoms with Gasteiger partial charge in [-0.25, -0.2) is 5.43 Å². The summed E-state index contributed by atoms with van der Waals surface area (Å²) in [6.45, 7) is 0. The van der Waals surface area contributed by atoms with Crippen molar-refractivity contribution in [1.82, 2.24) is 5.43 Å². The fourth-order valence-corrected chi connectivity index (χ4v) is 2.03. The monoisotopic (exact) mass is 273 g/mol. The van der Waals surface area contributed by atoms with Gasteiger partial charge < -0.3 is 9.90 Å². The van der Waals surface area contributed by atoms with Crippen molar-refractivity contribution in [1.29, 1.82) is 0 Å². The summed E-state index contributed by atoms with van der Waals surface area (Å²) in [5.74, 6) is -1.62. The van der Waals surface area contributed by atoms with Crippen molar-refractivity contribution in [3.8, 4) is 0 Å². The van der Waals surface area contributed by atoms with Crippen LogP contribution in [0.1, 0.15) is 25.6 Å². The van der Waals surface area contributed by atoms with E-state index in [9.17, 15) is 14.7 Å². The summed E-state index contributed by atoms with van der Waals surface area (Å²) in [7, 11) is 0. The molecule has 5 nitrogen and oxygen atoms in total. The van der Waals surface area contributed by atoms with Gasteiger partial charge in [0.15, 0.2) is 0 Å². The average Bonchev–Trinajstić information content (AvgIpc) is 2.93. The molecule has 0 unspecified atom stereocenters. The van der Waals surface area contributed by atoms with E-state index in [-0.39, 0.29) is 11.5 Å². The van der Waals surface area contributed by atoms with Crippen molar-refractivity contribution in [3.05, 3.63) is 57.8 Å². The number of hydrogen-bond acceptors (Lipinski definition) is 5. The van der Waals surface area contributed by atoms with Gasteiger partial charge in [-0.2, -0.15) is 5.10 Å². The molecule has 96 valence electrons. The molecule has 1 heterocycles. The fraction of sp³-hybridized carbons (Fsp3) is 0. The zero-order chi connectivity index (χ0) is 13.7. The first-order valence-corrected chi connectivity index (χ1v) is 6.24. The zero-order valence-corrected chi connectivity index (χ0v) is 10.5. The average molecular weight is 273 g/mol. The second kappa shape index (κ2) is 5.92. The number of amides is 1. The Labute approximate surface area is 113 Å². The Kier molecular flexibility index (Phi) is 4.04. The maximum Gasteiger partial charge on any atom is 0.281 e. The van der Waals surface area contributed by atoms with Gasteiger partial charge >= 0.3 is 0 Å². The van der Waals surface area contributed by atoms with Crippen LogP contribution in [0.3, 0.4) is 0 Å². The maximum absolute atomic E-state index is 11.6. The highest BCUT2D eigenvalue weighted by atomic mass is 32.1. The molecule has 1 aromatic heterocycles. The molecule has 1 N–H and O–H groups in total. The van der Waals surface area contributed by atoms with Gasteiger partial charge in [-0.1, -0.05) is 30.3 Å². The minimum absolute atomic E-state index is 0.0247. The molecule has 0 bridgehead atoms. The molecule has 0 aliphatic rings. The van der Waals surface area contributed by atoms with Crippen LogP contribution in [0.5, 0.6) is 0 Å². The molecule has 2 rings (SSSR count). The Hall–Kier alpha value is -2.47. The van der Waals surface area contributed by atoms with Crippen LogP contribution in [0.4, 0.5) is 0 Å². The molecular weight excluding hydrogens is 264 g/mol. The molecular formula is C13H9N2O3S-. The molecule has 0 spiro atoms. The van der Waals surface area contributed by atoms with Crippen molar-refractivity contribution in [3.63, 3.8) is 0 Å². The van der Waals surface area contributed by atoms with E-state index < -0.39 is 5.97 Å². The Morgan fingerprint density at radius 3 is 2.68 bits per heavy atom. The number of hydrazone groups is 1. The van der Waals surface area contributed by atoms with Gasteiger partial charge in [0.1, 0.15) is 0 Å². The second-order valence-electron chi connectivity index (χ2n) is 3.55. The highest BCUT2D eigenvalue weighted by Gasteiger charge is 2.04. The number of thiophene rings is 1. The summed E-state index contributed by atoms with van der Waals surface area (Å²) in [6.07, 6.45) is 1.27. The second-order valence-corrected chi connectivity index (χ2v) is 4.50. The SMILES string of the molecule is O=C(NN=Cc1ccccc1C(=O)[O-])c1cccs1. The quantitative estimate of drug-likeness (QED) is 0.663. The van der Waals surface area contributed by atoms with Crippen molar-refractivity contribution < 1.29 is 14.7 Å². The van der Waals surface area contributed by atoms with Crippen molar-refractivity contribution in [2.45, 2.75) is 0 Å².